The molecule has 0 aliphatic rings. The highest BCUT2D eigenvalue weighted by Gasteiger charge is 2.33. The lowest BCUT2D eigenvalue weighted by Gasteiger charge is -2.09. The van der Waals surface area contributed by atoms with Gasteiger partial charge in [0.2, 0.25) is 0 Å². The summed E-state index contributed by atoms with van der Waals surface area (Å²) in [6.45, 7) is 0. The van der Waals surface area contributed by atoms with E-state index in [1.54, 1.807) is 28.7 Å². The first-order valence-electron chi connectivity index (χ1n) is 2.94. The predicted octanol–water partition coefficient (Wildman–Crippen LogP) is 4.07. The third-order valence-corrected chi connectivity index (χ3v) is 3.82. The van der Waals surface area contributed by atoms with Gasteiger partial charge in [-0.25, -0.2) is 0 Å². The smallest absolute Gasteiger partial charge is 0.166 e. The molecule has 1 aromatic rings. The number of rotatable bonds is 0. The van der Waals surface area contributed by atoms with E-state index in [1.165, 1.54) is 6.07 Å². The first-order valence-corrected chi connectivity index (χ1v) is 4.81. The minimum atomic E-state index is -4.26. The van der Waals surface area contributed by atoms with E-state index in [1.807, 2.05) is 0 Å². The molecule has 0 aliphatic carbocycles. The quantitative estimate of drug-likeness (QED) is 0.619. The Morgan fingerprint density at radius 1 is 1.25 bits per heavy atom. The molecular weight excluding hydrogens is 348 g/mol. The number of alkyl halides is 3. The molecule has 0 saturated carbocycles. The van der Waals surface area contributed by atoms with Crippen molar-refractivity contribution >= 4 is 38.5 Å². The minimum Gasteiger partial charge on any atom is -0.166 e. The lowest BCUT2D eigenvalue weighted by molar-refractivity contribution is -0.138. The van der Waals surface area contributed by atoms with Crippen LogP contribution >= 0.6 is 38.5 Å². The van der Waals surface area contributed by atoms with Gasteiger partial charge in [0.1, 0.15) is 0 Å². The molecule has 0 radical (unpaired) electrons. The van der Waals surface area contributed by atoms with Crippen molar-refractivity contribution in [3.8, 4) is 0 Å². The number of benzene rings is 1. The molecular formula is C7H3BrF3I. The number of hydrogen-bond donors (Lipinski definition) is 0. The van der Waals surface area contributed by atoms with Crippen LogP contribution in [0.2, 0.25) is 0 Å². The third-order valence-electron chi connectivity index (χ3n) is 1.26. The molecule has 12 heavy (non-hydrogen) atoms. The normalized spacial score (nSPS) is 11.8. The summed E-state index contributed by atoms with van der Waals surface area (Å²) < 4.78 is 37.3. The molecule has 1 aromatic carbocycles. The summed E-state index contributed by atoms with van der Waals surface area (Å²) in [6.07, 6.45) is -4.26. The van der Waals surface area contributed by atoms with Gasteiger partial charge in [0.25, 0.3) is 0 Å². The average Bonchev–Trinajstić information content (AvgIpc) is 1.92. The fourth-order valence-electron chi connectivity index (χ4n) is 0.723. The van der Waals surface area contributed by atoms with Crippen LogP contribution in [-0.2, 0) is 6.18 Å². The molecule has 0 heterocycles. The van der Waals surface area contributed by atoms with Gasteiger partial charge in [0, 0.05) is 8.04 Å². The fourth-order valence-corrected chi connectivity index (χ4v) is 1.75. The monoisotopic (exact) mass is 350 g/mol. The Labute approximate surface area is 89.4 Å². The lowest BCUT2D eigenvalue weighted by atomic mass is 10.2. The Hall–Kier alpha value is 0.220. The highest BCUT2D eigenvalue weighted by atomic mass is 127. The molecule has 0 saturated heterocycles. The molecule has 0 aromatic heterocycles. The third kappa shape index (κ3) is 2.12. The van der Waals surface area contributed by atoms with Gasteiger partial charge in [0.05, 0.1) is 5.56 Å². The molecule has 0 N–H and O–H groups in total. The van der Waals surface area contributed by atoms with Crippen molar-refractivity contribution in [3.63, 3.8) is 0 Å². The van der Waals surface area contributed by atoms with Gasteiger partial charge in [-0.2, -0.15) is 13.2 Å². The molecule has 0 nitrogen and oxygen atoms in total. The fraction of sp³-hybridized carbons (Fsp3) is 0.143. The molecule has 0 aliphatic heterocycles. The predicted molar refractivity (Wildman–Crippen MR) is 51.9 cm³/mol. The minimum absolute atomic E-state index is 0.197. The second kappa shape index (κ2) is 3.53. The Balaban J connectivity index is 3.26. The van der Waals surface area contributed by atoms with Crippen molar-refractivity contribution in [3.05, 3.63) is 31.8 Å². The maximum absolute atomic E-state index is 12.2. The van der Waals surface area contributed by atoms with E-state index in [0.717, 1.165) is 6.07 Å². The molecule has 0 bridgehead atoms. The highest BCUT2D eigenvalue weighted by Crippen LogP contribution is 2.35. The van der Waals surface area contributed by atoms with Crippen LogP contribution < -0.4 is 0 Å². The number of halogens is 5. The zero-order valence-electron chi connectivity index (χ0n) is 5.62. The summed E-state index contributed by atoms with van der Waals surface area (Å²) in [5, 5.41) is 0. The summed E-state index contributed by atoms with van der Waals surface area (Å²) in [4.78, 5) is 0. The van der Waals surface area contributed by atoms with Crippen molar-refractivity contribution in [2.24, 2.45) is 0 Å². The van der Waals surface area contributed by atoms with Crippen molar-refractivity contribution in [1.29, 1.82) is 0 Å². The largest absolute Gasteiger partial charge is 0.417 e. The molecule has 0 amide bonds. The van der Waals surface area contributed by atoms with Crippen LogP contribution in [0.15, 0.2) is 22.7 Å². The van der Waals surface area contributed by atoms with E-state index in [-0.39, 0.29) is 3.57 Å². The summed E-state index contributed by atoms with van der Waals surface area (Å²) in [5.74, 6) is 0. The maximum atomic E-state index is 12.2. The van der Waals surface area contributed by atoms with E-state index < -0.39 is 11.7 Å². The van der Waals surface area contributed by atoms with Crippen LogP contribution in [-0.4, -0.2) is 0 Å². The van der Waals surface area contributed by atoms with Crippen LogP contribution in [0.25, 0.3) is 0 Å². The summed E-state index contributed by atoms with van der Waals surface area (Å²) >= 11 is 4.69. The van der Waals surface area contributed by atoms with Crippen LogP contribution in [0.1, 0.15) is 5.56 Å². The zero-order chi connectivity index (χ0) is 9.35. The highest BCUT2D eigenvalue weighted by molar-refractivity contribution is 14.1. The maximum Gasteiger partial charge on any atom is 0.417 e. The van der Waals surface area contributed by atoms with Gasteiger partial charge in [-0.15, -0.1) is 0 Å². The zero-order valence-corrected chi connectivity index (χ0v) is 9.37. The van der Waals surface area contributed by atoms with Gasteiger partial charge >= 0.3 is 6.18 Å². The van der Waals surface area contributed by atoms with E-state index in [4.69, 9.17) is 0 Å². The Morgan fingerprint density at radius 3 is 2.25 bits per heavy atom. The van der Waals surface area contributed by atoms with Crippen LogP contribution in [0.5, 0.6) is 0 Å². The number of hydrogen-bond acceptors (Lipinski definition) is 0. The molecule has 5 heteroatoms. The summed E-state index contributed by atoms with van der Waals surface area (Å²) in [7, 11) is 0. The SMILES string of the molecule is FC(F)(F)c1cccc(Br)c1I. The molecule has 66 valence electrons. The Kier molecular flexibility index (Phi) is 3.03. The van der Waals surface area contributed by atoms with Crippen LogP contribution in [0.3, 0.4) is 0 Å². The van der Waals surface area contributed by atoms with Crippen molar-refractivity contribution in [1.82, 2.24) is 0 Å². The average molecular weight is 351 g/mol. The van der Waals surface area contributed by atoms with Gasteiger partial charge in [-0.1, -0.05) is 6.07 Å². The van der Waals surface area contributed by atoms with Crippen LogP contribution in [0, 0.1) is 3.57 Å². The van der Waals surface area contributed by atoms with E-state index in [9.17, 15) is 13.2 Å². The van der Waals surface area contributed by atoms with Gasteiger partial charge in [0.15, 0.2) is 0 Å². The Morgan fingerprint density at radius 2 is 1.83 bits per heavy atom. The second-order valence-electron chi connectivity index (χ2n) is 2.10. The van der Waals surface area contributed by atoms with Crippen molar-refractivity contribution in [2.75, 3.05) is 0 Å². The summed E-state index contributed by atoms with van der Waals surface area (Å²) in [5.41, 5.74) is -0.600. The van der Waals surface area contributed by atoms with Gasteiger partial charge in [-0.05, 0) is 50.7 Å². The van der Waals surface area contributed by atoms with E-state index in [2.05, 4.69) is 15.9 Å². The standard InChI is InChI=1S/C7H3BrF3I/c8-5-3-1-2-4(6(5)12)7(9,10)11/h1-3H. The topological polar surface area (TPSA) is 0 Å². The molecule has 0 spiro atoms. The van der Waals surface area contributed by atoms with Crippen molar-refractivity contribution < 1.29 is 13.2 Å². The lowest BCUT2D eigenvalue weighted by Crippen LogP contribution is -2.07. The Bertz CT molecular complexity index is 295. The summed E-state index contributed by atoms with van der Waals surface area (Å²) in [6, 6.07) is 4.01. The van der Waals surface area contributed by atoms with Gasteiger partial charge in [-0.3, -0.25) is 0 Å². The van der Waals surface area contributed by atoms with E-state index in [0.29, 0.717) is 4.47 Å². The first kappa shape index (κ1) is 10.3. The van der Waals surface area contributed by atoms with E-state index >= 15 is 0 Å². The van der Waals surface area contributed by atoms with Crippen molar-refractivity contribution in [2.45, 2.75) is 6.18 Å². The molecule has 0 fully saturated rings. The molecule has 1 rings (SSSR count). The van der Waals surface area contributed by atoms with Gasteiger partial charge < -0.3 is 0 Å². The second-order valence-corrected chi connectivity index (χ2v) is 4.03. The molecule has 0 atom stereocenters. The molecule has 0 unspecified atom stereocenters. The first-order chi connectivity index (χ1) is 5.43. The van der Waals surface area contributed by atoms with Crippen LogP contribution in [0.4, 0.5) is 13.2 Å².